The molecule has 9 nitrogen and oxygen atoms in total. The number of piperidine rings is 1. The summed E-state index contributed by atoms with van der Waals surface area (Å²) in [5.41, 5.74) is 1.73. The van der Waals surface area contributed by atoms with E-state index >= 15 is 0 Å². The average molecular weight is 448 g/mol. The smallest absolute Gasteiger partial charge is 0.271 e. The van der Waals surface area contributed by atoms with Crippen molar-refractivity contribution in [2.75, 3.05) is 25.5 Å². The molecule has 1 heterocycles. The molecule has 1 aliphatic rings. The van der Waals surface area contributed by atoms with Gasteiger partial charge in [0, 0.05) is 31.1 Å². The van der Waals surface area contributed by atoms with Gasteiger partial charge in [-0.2, -0.15) is 4.31 Å². The van der Waals surface area contributed by atoms with Crippen LogP contribution in [0.3, 0.4) is 0 Å². The largest absolute Gasteiger partial charge is 0.495 e. The van der Waals surface area contributed by atoms with E-state index in [2.05, 4.69) is 5.32 Å². The van der Waals surface area contributed by atoms with Crippen molar-refractivity contribution < 1.29 is 22.9 Å². The van der Waals surface area contributed by atoms with Gasteiger partial charge in [-0.15, -0.1) is 0 Å². The number of ether oxygens (including phenoxy) is 1. The average Bonchev–Trinajstić information content (AvgIpc) is 2.73. The highest BCUT2D eigenvalue weighted by molar-refractivity contribution is 7.89. The number of carbonyl (C=O) groups excluding carboxylic acids is 1. The number of nitro groups is 1. The van der Waals surface area contributed by atoms with Crippen molar-refractivity contribution in [3.63, 3.8) is 0 Å². The van der Waals surface area contributed by atoms with Gasteiger partial charge in [0.05, 0.1) is 22.6 Å². The van der Waals surface area contributed by atoms with E-state index in [1.807, 2.05) is 13.0 Å². The molecule has 0 aromatic heterocycles. The van der Waals surface area contributed by atoms with Crippen molar-refractivity contribution in [1.29, 1.82) is 0 Å². The Labute approximate surface area is 181 Å². The van der Waals surface area contributed by atoms with E-state index in [4.69, 9.17) is 4.74 Å². The number of aryl methyl sites for hydroxylation is 2. The standard InChI is InChI=1S/C21H25N3O6S/c1-14-4-7-20(15(2)12-14)31(28,29)23-10-8-16(9-11-23)21(25)22-18-13-17(24(26)27)5-6-19(18)30-3/h4-7,12-13,16H,8-11H2,1-3H3,(H,22,25). The second-order valence-corrected chi connectivity index (χ2v) is 9.48. The zero-order chi connectivity index (χ0) is 22.8. The van der Waals surface area contributed by atoms with E-state index in [1.165, 1.54) is 29.6 Å². The molecule has 3 rings (SSSR count). The molecule has 166 valence electrons. The number of amides is 1. The minimum Gasteiger partial charge on any atom is -0.495 e. The number of anilines is 1. The highest BCUT2D eigenvalue weighted by Crippen LogP contribution is 2.31. The summed E-state index contributed by atoms with van der Waals surface area (Å²) in [4.78, 5) is 23.5. The Balaban J connectivity index is 1.69. The van der Waals surface area contributed by atoms with Gasteiger partial charge in [0.15, 0.2) is 0 Å². The zero-order valence-electron chi connectivity index (χ0n) is 17.6. The Kier molecular flexibility index (Phi) is 6.61. The lowest BCUT2D eigenvalue weighted by atomic mass is 9.97. The molecule has 10 heteroatoms. The highest BCUT2D eigenvalue weighted by Gasteiger charge is 2.33. The lowest BCUT2D eigenvalue weighted by molar-refractivity contribution is -0.384. The van der Waals surface area contributed by atoms with Crippen molar-refractivity contribution in [3.05, 3.63) is 57.6 Å². The van der Waals surface area contributed by atoms with Crippen molar-refractivity contribution >= 4 is 27.3 Å². The third-order valence-electron chi connectivity index (χ3n) is 5.42. The Morgan fingerprint density at radius 1 is 1.16 bits per heavy atom. The highest BCUT2D eigenvalue weighted by atomic mass is 32.2. The van der Waals surface area contributed by atoms with Gasteiger partial charge in [-0.3, -0.25) is 14.9 Å². The molecular formula is C21H25N3O6S. The molecule has 1 amide bonds. The molecule has 0 saturated carbocycles. The number of carbonyl (C=O) groups is 1. The minimum atomic E-state index is -3.64. The number of rotatable bonds is 6. The predicted octanol–water partition coefficient (Wildman–Crippen LogP) is 3.26. The molecule has 2 aromatic carbocycles. The van der Waals surface area contributed by atoms with Crippen molar-refractivity contribution in [2.45, 2.75) is 31.6 Å². The van der Waals surface area contributed by atoms with E-state index in [9.17, 15) is 23.3 Å². The number of nitro benzene ring substituents is 1. The molecule has 0 unspecified atom stereocenters. The summed E-state index contributed by atoms with van der Waals surface area (Å²) >= 11 is 0. The topological polar surface area (TPSA) is 119 Å². The van der Waals surface area contributed by atoms with Crippen LogP contribution < -0.4 is 10.1 Å². The van der Waals surface area contributed by atoms with E-state index in [1.54, 1.807) is 19.1 Å². The Morgan fingerprint density at radius 3 is 2.42 bits per heavy atom. The van der Waals surface area contributed by atoms with Gasteiger partial charge >= 0.3 is 0 Å². The number of benzene rings is 2. The number of methoxy groups -OCH3 is 1. The number of hydrogen-bond acceptors (Lipinski definition) is 6. The van der Waals surface area contributed by atoms with Gasteiger partial charge in [-0.1, -0.05) is 17.7 Å². The molecule has 0 atom stereocenters. The maximum Gasteiger partial charge on any atom is 0.271 e. The molecule has 1 N–H and O–H groups in total. The van der Waals surface area contributed by atoms with E-state index in [0.717, 1.165) is 5.56 Å². The van der Waals surface area contributed by atoms with Gasteiger partial charge < -0.3 is 10.1 Å². The fraction of sp³-hybridized carbons (Fsp3) is 0.381. The summed E-state index contributed by atoms with van der Waals surface area (Å²) in [5, 5.41) is 13.7. The number of hydrogen-bond donors (Lipinski definition) is 1. The molecule has 1 aliphatic heterocycles. The lowest BCUT2D eigenvalue weighted by Gasteiger charge is -2.31. The van der Waals surface area contributed by atoms with E-state index in [-0.39, 0.29) is 35.3 Å². The summed E-state index contributed by atoms with van der Waals surface area (Å²) in [6, 6.07) is 9.19. The number of nitrogens with one attached hydrogen (secondary N) is 1. The number of sulfonamides is 1. The van der Waals surface area contributed by atoms with Gasteiger partial charge in [0.25, 0.3) is 5.69 Å². The normalized spacial score (nSPS) is 15.5. The first-order valence-corrected chi connectivity index (χ1v) is 11.3. The molecule has 1 fully saturated rings. The maximum absolute atomic E-state index is 13.0. The quantitative estimate of drug-likeness (QED) is 0.536. The van der Waals surface area contributed by atoms with Gasteiger partial charge in [0.1, 0.15) is 5.75 Å². The SMILES string of the molecule is COc1ccc([N+](=O)[O-])cc1NC(=O)C1CCN(S(=O)(=O)c2ccc(C)cc2C)CC1. The van der Waals surface area contributed by atoms with Crippen LogP contribution in [0.2, 0.25) is 0 Å². The first-order chi connectivity index (χ1) is 14.6. The molecule has 0 spiro atoms. The summed E-state index contributed by atoms with van der Waals surface area (Å²) in [6.45, 7) is 4.12. The Hall–Kier alpha value is -2.98. The third-order valence-corrected chi connectivity index (χ3v) is 7.48. The predicted molar refractivity (Wildman–Crippen MR) is 116 cm³/mol. The minimum absolute atomic E-state index is 0.162. The Bertz CT molecular complexity index is 1110. The van der Waals surface area contributed by atoms with Crippen molar-refractivity contribution in [2.24, 2.45) is 5.92 Å². The van der Waals surface area contributed by atoms with E-state index in [0.29, 0.717) is 24.2 Å². The van der Waals surface area contributed by atoms with Crippen molar-refractivity contribution in [1.82, 2.24) is 4.31 Å². The van der Waals surface area contributed by atoms with Crippen LogP contribution in [0.15, 0.2) is 41.3 Å². The summed E-state index contributed by atoms with van der Waals surface area (Å²) in [6.07, 6.45) is 0.709. The summed E-state index contributed by atoms with van der Waals surface area (Å²) < 4.78 is 32.6. The maximum atomic E-state index is 13.0. The summed E-state index contributed by atoms with van der Waals surface area (Å²) in [5.74, 6) is -0.411. The van der Waals surface area contributed by atoms with E-state index < -0.39 is 20.9 Å². The van der Waals surface area contributed by atoms with Gasteiger partial charge in [-0.05, 0) is 44.4 Å². The van der Waals surface area contributed by atoms with Crippen LogP contribution in [0.5, 0.6) is 5.75 Å². The first-order valence-electron chi connectivity index (χ1n) is 9.84. The van der Waals surface area contributed by atoms with Crippen LogP contribution >= 0.6 is 0 Å². The van der Waals surface area contributed by atoms with Crippen molar-refractivity contribution in [3.8, 4) is 5.75 Å². The third kappa shape index (κ3) is 4.86. The van der Waals surface area contributed by atoms with Crippen LogP contribution in [-0.2, 0) is 14.8 Å². The molecule has 0 radical (unpaired) electrons. The fourth-order valence-corrected chi connectivity index (χ4v) is 5.40. The molecular weight excluding hydrogens is 422 g/mol. The van der Waals surface area contributed by atoms with Crippen LogP contribution in [0.25, 0.3) is 0 Å². The molecule has 31 heavy (non-hydrogen) atoms. The zero-order valence-corrected chi connectivity index (χ0v) is 18.4. The fourth-order valence-electron chi connectivity index (χ4n) is 3.73. The van der Waals surface area contributed by atoms with Gasteiger partial charge in [0.2, 0.25) is 15.9 Å². The number of nitrogens with zero attached hydrogens (tertiary/aromatic N) is 2. The second-order valence-electron chi connectivity index (χ2n) is 7.58. The molecule has 0 aliphatic carbocycles. The molecule has 0 bridgehead atoms. The second kappa shape index (κ2) is 9.03. The van der Waals surface area contributed by atoms with Gasteiger partial charge in [-0.25, -0.2) is 8.42 Å². The first kappa shape index (κ1) is 22.7. The number of non-ortho nitro benzene ring substituents is 1. The van der Waals surface area contributed by atoms with Crippen LogP contribution in [-0.4, -0.2) is 43.8 Å². The Morgan fingerprint density at radius 2 is 1.84 bits per heavy atom. The van der Waals surface area contributed by atoms with Crippen LogP contribution in [0, 0.1) is 29.9 Å². The monoisotopic (exact) mass is 447 g/mol. The summed E-state index contributed by atoms with van der Waals surface area (Å²) in [7, 11) is -2.23. The molecule has 2 aromatic rings. The lowest BCUT2D eigenvalue weighted by Crippen LogP contribution is -2.41. The molecule has 1 saturated heterocycles. The van der Waals surface area contributed by atoms with Crippen LogP contribution in [0.1, 0.15) is 24.0 Å². The van der Waals surface area contributed by atoms with Crippen LogP contribution in [0.4, 0.5) is 11.4 Å².